The second-order valence-electron chi connectivity index (χ2n) is 3.29. The van der Waals surface area contributed by atoms with E-state index < -0.39 is 0 Å². The molecule has 0 amide bonds. The quantitative estimate of drug-likeness (QED) is 0.694. The predicted molar refractivity (Wildman–Crippen MR) is 55.2 cm³/mol. The van der Waals surface area contributed by atoms with Gasteiger partial charge in [-0.05, 0) is 12.1 Å². The van der Waals surface area contributed by atoms with Crippen LogP contribution in [-0.2, 0) is 6.54 Å². The van der Waals surface area contributed by atoms with Crippen LogP contribution in [-0.4, -0.2) is 15.3 Å². The van der Waals surface area contributed by atoms with Crippen LogP contribution in [0.3, 0.4) is 0 Å². The Bertz CT molecular complexity index is 628. The fourth-order valence-electron chi connectivity index (χ4n) is 1.45. The molecule has 16 heavy (non-hydrogen) atoms. The topological polar surface area (TPSA) is 91.0 Å². The summed E-state index contributed by atoms with van der Waals surface area (Å²) < 4.78 is 9.98. The molecule has 0 spiro atoms. The summed E-state index contributed by atoms with van der Waals surface area (Å²) >= 11 is 0. The van der Waals surface area contributed by atoms with Gasteiger partial charge >= 0.3 is 0 Å². The minimum Gasteiger partial charge on any atom is -0.356 e. The van der Waals surface area contributed by atoms with Crippen LogP contribution in [0.25, 0.3) is 22.4 Å². The van der Waals surface area contributed by atoms with Gasteiger partial charge in [0.15, 0.2) is 5.58 Å². The first-order valence-corrected chi connectivity index (χ1v) is 4.74. The van der Waals surface area contributed by atoms with Gasteiger partial charge in [-0.3, -0.25) is 0 Å². The number of rotatable bonds is 2. The maximum Gasteiger partial charge on any atom is 0.240 e. The summed E-state index contributed by atoms with van der Waals surface area (Å²) in [6, 6.07) is 5.58. The van der Waals surface area contributed by atoms with Crippen molar-refractivity contribution in [1.82, 2.24) is 15.3 Å². The summed E-state index contributed by atoms with van der Waals surface area (Å²) in [6.07, 6.45) is 1.65. The molecule has 2 N–H and O–H groups in total. The number of nitrogens with zero attached hydrogens (tertiary/aromatic N) is 3. The van der Waals surface area contributed by atoms with Gasteiger partial charge in [0.25, 0.3) is 0 Å². The lowest BCUT2D eigenvalue weighted by molar-refractivity contribution is 0.380. The largest absolute Gasteiger partial charge is 0.356 e. The van der Waals surface area contributed by atoms with Crippen LogP contribution in [0.15, 0.2) is 33.4 Å². The average Bonchev–Trinajstić information content (AvgIpc) is 2.96. The van der Waals surface area contributed by atoms with Crippen LogP contribution in [0.1, 0.15) is 5.89 Å². The number of hydrogen-bond donors (Lipinski definition) is 1. The van der Waals surface area contributed by atoms with Crippen LogP contribution < -0.4 is 5.73 Å². The molecule has 0 fully saturated rings. The SMILES string of the molecule is NCc1nc(-c2ccc3cnoc3c2)no1. The second-order valence-corrected chi connectivity index (χ2v) is 3.29. The third-order valence-corrected chi connectivity index (χ3v) is 2.26. The first-order valence-electron chi connectivity index (χ1n) is 4.74. The van der Waals surface area contributed by atoms with Gasteiger partial charge in [0, 0.05) is 10.9 Å². The van der Waals surface area contributed by atoms with E-state index in [9.17, 15) is 0 Å². The van der Waals surface area contributed by atoms with Gasteiger partial charge in [-0.2, -0.15) is 4.98 Å². The molecule has 3 rings (SSSR count). The van der Waals surface area contributed by atoms with Gasteiger partial charge in [0.05, 0.1) is 12.7 Å². The number of aromatic nitrogens is 3. The molecule has 0 atom stereocenters. The van der Waals surface area contributed by atoms with E-state index in [4.69, 9.17) is 14.8 Å². The number of nitrogens with two attached hydrogens (primary N) is 1. The Balaban J connectivity index is 2.10. The molecule has 0 aliphatic carbocycles. The summed E-state index contributed by atoms with van der Waals surface area (Å²) in [7, 11) is 0. The Labute approximate surface area is 90.0 Å². The first kappa shape index (κ1) is 9.05. The van der Waals surface area contributed by atoms with Gasteiger partial charge in [-0.25, -0.2) is 0 Å². The van der Waals surface area contributed by atoms with Crippen molar-refractivity contribution in [2.45, 2.75) is 6.54 Å². The van der Waals surface area contributed by atoms with Crippen molar-refractivity contribution in [2.24, 2.45) is 5.73 Å². The number of fused-ring (bicyclic) bond motifs is 1. The molecule has 0 aliphatic rings. The molecule has 0 radical (unpaired) electrons. The van der Waals surface area contributed by atoms with E-state index in [-0.39, 0.29) is 6.54 Å². The van der Waals surface area contributed by atoms with E-state index in [1.54, 1.807) is 6.20 Å². The zero-order valence-corrected chi connectivity index (χ0v) is 8.25. The third kappa shape index (κ3) is 1.36. The zero-order chi connectivity index (χ0) is 11.0. The van der Waals surface area contributed by atoms with E-state index in [1.165, 1.54) is 0 Å². The summed E-state index contributed by atoms with van der Waals surface area (Å²) in [5.74, 6) is 0.909. The molecule has 0 saturated heterocycles. The lowest BCUT2D eigenvalue weighted by Crippen LogP contribution is -1.95. The molecule has 3 aromatic rings. The van der Waals surface area contributed by atoms with Crippen molar-refractivity contribution in [1.29, 1.82) is 0 Å². The molecule has 0 bridgehead atoms. The van der Waals surface area contributed by atoms with Crippen molar-refractivity contribution in [3.8, 4) is 11.4 Å². The Morgan fingerprint density at radius 2 is 2.19 bits per heavy atom. The van der Waals surface area contributed by atoms with Gasteiger partial charge in [0.1, 0.15) is 0 Å². The summed E-state index contributed by atoms with van der Waals surface area (Å²) in [5.41, 5.74) is 6.89. The zero-order valence-electron chi connectivity index (χ0n) is 8.25. The van der Waals surface area contributed by atoms with Gasteiger partial charge in [0.2, 0.25) is 11.7 Å². The Hall–Kier alpha value is -2.21. The molecule has 0 aliphatic heterocycles. The molecule has 6 nitrogen and oxygen atoms in total. The minimum absolute atomic E-state index is 0.234. The van der Waals surface area contributed by atoms with Crippen LogP contribution in [0.5, 0.6) is 0 Å². The third-order valence-electron chi connectivity index (χ3n) is 2.26. The fraction of sp³-hybridized carbons (Fsp3) is 0.100. The van der Waals surface area contributed by atoms with E-state index in [1.807, 2.05) is 18.2 Å². The smallest absolute Gasteiger partial charge is 0.240 e. The summed E-state index contributed by atoms with van der Waals surface area (Å²) in [4.78, 5) is 4.13. The van der Waals surface area contributed by atoms with E-state index in [0.717, 1.165) is 10.9 Å². The van der Waals surface area contributed by atoms with Gasteiger partial charge in [-0.1, -0.05) is 16.4 Å². The maximum absolute atomic E-state index is 5.39. The van der Waals surface area contributed by atoms with Crippen molar-refractivity contribution in [3.05, 3.63) is 30.3 Å². The van der Waals surface area contributed by atoms with E-state index in [0.29, 0.717) is 17.3 Å². The molecule has 2 aromatic heterocycles. The Morgan fingerprint density at radius 1 is 1.25 bits per heavy atom. The predicted octanol–water partition coefficient (Wildman–Crippen LogP) is 1.34. The van der Waals surface area contributed by atoms with Crippen LogP contribution in [0.4, 0.5) is 0 Å². The molecular formula is C10H8N4O2. The van der Waals surface area contributed by atoms with Gasteiger partial charge in [-0.15, -0.1) is 0 Å². The standard InChI is InChI=1S/C10H8N4O2/c11-4-9-13-10(14-16-9)6-1-2-7-5-12-15-8(7)3-6/h1-3,5H,4,11H2. The number of benzene rings is 1. The van der Waals surface area contributed by atoms with Crippen molar-refractivity contribution >= 4 is 11.0 Å². The lowest BCUT2D eigenvalue weighted by atomic mass is 10.2. The molecule has 1 aromatic carbocycles. The summed E-state index contributed by atoms with van der Waals surface area (Å²) in [5, 5.41) is 8.45. The molecule has 2 heterocycles. The molecular weight excluding hydrogens is 208 g/mol. The van der Waals surface area contributed by atoms with Crippen molar-refractivity contribution in [2.75, 3.05) is 0 Å². The normalized spacial score (nSPS) is 11.1. The highest BCUT2D eigenvalue weighted by Crippen LogP contribution is 2.21. The average molecular weight is 216 g/mol. The van der Waals surface area contributed by atoms with Gasteiger partial charge < -0.3 is 14.8 Å². The highest BCUT2D eigenvalue weighted by molar-refractivity contribution is 5.80. The highest BCUT2D eigenvalue weighted by atomic mass is 16.5. The highest BCUT2D eigenvalue weighted by Gasteiger charge is 2.09. The Morgan fingerprint density at radius 3 is 3.00 bits per heavy atom. The van der Waals surface area contributed by atoms with Crippen LogP contribution in [0, 0.1) is 0 Å². The van der Waals surface area contributed by atoms with E-state index >= 15 is 0 Å². The minimum atomic E-state index is 0.234. The second kappa shape index (κ2) is 3.42. The molecule has 0 unspecified atom stereocenters. The lowest BCUT2D eigenvalue weighted by Gasteiger charge is -1.92. The Kier molecular flexibility index (Phi) is 1.94. The monoisotopic (exact) mass is 216 g/mol. The molecule has 6 heteroatoms. The number of hydrogen-bond acceptors (Lipinski definition) is 6. The molecule has 80 valence electrons. The van der Waals surface area contributed by atoms with Crippen molar-refractivity contribution < 1.29 is 9.05 Å². The summed E-state index contributed by atoms with van der Waals surface area (Å²) in [6.45, 7) is 0.234. The first-order chi connectivity index (χ1) is 7.86. The maximum atomic E-state index is 5.39. The fourth-order valence-corrected chi connectivity index (χ4v) is 1.45. The van der Waals surface area contributed by atoms with E-state index in [2.05, 4.69) is 15.3 Å². The van der Waals surface area contributed by atoms with Crippen LogP contribution in [0.2, 0.25) is 0 Å². The van der Waals surface area contributed by atoms with Crippen molar-refractivity contribution in [3.63, 3.8) is 0 Å². The molecule has 0 saturated carbocycles. The van der Waals surface area contributed by atoms with Crippen LogP contribution >= 0.6 is 0 Å².